The van der Waals surface area contributed by atoms with Gasteiger partial charge < -0.3 is 10.1 Å². The van der Waals surface area contributed by atoms with Gasteiger partial charge in [0.25, 0.3) is 0 Å². The van der Waals surface area contributed by atoms with Crippen LogP contribution in [-0.4, -0.2) is 59.2 Å². The van der Waals surface area contributed by atoms with Crippen molar-refractivity contribution in [3.05, 3.63) is 65.4 Å². The van der Waals surface area contributed by atoms with Gasteiger partial charge in [0.1, 0.15) is 28.5 Å². The second kappa shape index (κ2) is 9.67. The molecule has 1 saturated heterocycles. The molecule has 2 fully saturated rings. The van der Waals surface area contributed by atoms with E-state index in [0.717, 1.165) is 22.8 Å². The second-order valence-electron chi connectivity index (χ2n) is 9.56. The molecule has 1 aliphatic heterocycles. The average Bonchev–Trinajstić information content (AvgIpc) is 3.58. The highest BCUT2D eigenvalue weighted by atomic mass is 19.4. The van der Waals surface area contributed by atoms with Crippen molar-refractivity contribution in [2.45, 2.75) is 37.5 Å². The largest absolute Gasteiger partial charge is 0.491 e. The normalized spacial score (nSPS) is 19.5. The summed E-state index contributed by atoms with van der Waals surface area (Å²) >= 11 is 0. The molecule has 2 unspecified atom stereocenters. The number of fused-ring (bicyclic) bond motifs is 1. The van der Waals surface area contributed by atoms with Crippen LogP contribution in [0.4, 0.5) is 13.2 Å². The number of ether oxygens (including phenoxy) is 1. The Hall–Kier alpha value is -3.24. The third-order valence-corrected chi connectivity index (χ3v) is 6.93. The van der Waals surface area contributed by atoms with Gasteiger partial charge in [0, 0.05) is 30.7 Å². The molecule has 0 spiro atoms. The van der Waals surface area contributed by atoms with Gasteiger partial charge in [-0.2, -0.15) is 13.2 Å². The maximum Gasteiger partial charge on any atom is 0.408 e. The molecule has 2 atom stereocenters. The van der Waals surface area contributed by atoms with E-state index in [2.05, 4.69) is 10.3 Å². The number of hydrogen-bond donors (Lipinski definition) is 3. The molecule has 0 amide bonds. The van der Waals surface area contributed by atoms with Gasteiger partial charge in [-0.05, 0) is 56.0 Å². The highest BCUT2D eigenvalue weighted by molar-refractivity contribution is 5.98. The molecule has 0 radical (unpaired) electrons. The molecular formula is C26H29F3N6O. The number of benzene rings is 1. The third-order valence-electron chi connectivity index (χ3n) is 6.93. The van der Waals surface area contributed by atoms with Crippen LogP contribution in [0.3, 0.4) is 0 Å². The van der Waals surface area contributed by atoms with Crippen LogP contribution in [0.1, 0.15) is 36.6 Å². The quantitative estimate of drug-likeness (QED) is 0.338. The van der Waals surface area contributed by atoms with Crippen molar-refractivity contribution in [3.8, 4) is 5.75 Å². The van der Waals surface area contributed by atoms with Crippen molar-refractivity contribution < 1.29 is 17.9 Å². The number of pyridine rings is 2. The Bertz CT molecular complexity index is 1330. The number of likely N-dealkylation sites (tertiary alicyclic amines) is 1. The first kappa shape index (κ1) is 24.5. The predicted molar refractivity (Wildman–Crippen MR) is 130 cm³/mol. The summed E-state index contributed by atoms with van der Waals surface area (Å²) in [6.45, 7) is 1.20. The van der Waals surface area contributed by atoms with Crippen LogP contribution in [0.5, 0.6) is 5.75 Å². The molecule has 0 bridgehead atoms. The molecule has 1 saturated carbocycles. The van der Waals surface area contributed by atoms with Crippen molar-refractivity contribution in [2.75, 3.05) is 26.7 Å². The van der Waals surface area contributed by atoms with Gasteiger partial charge in [-0.25, -0.2) is 4.98 Å². The number of para-hydroxylation sites is 1. The van der Waals surface area contributed by atoms with Crippen LogP contribution in [0.25, 0.3) is 10.9 Å². The summed E-state index contributed by atoms with van der Waals surface area (Å²) in [6.07, 6.45) is -0.321. The summed E-state index contributed by atoms with van der Waals surface area (Å²) in [4.78, 5) is 6.03. The van der Waals surface area contributed by atoms with E-state index in [1.54, 1.807) is 13.1 Å². The van der Waals surface area contributed by atoms with Gasteiger partial charge in [-0.15, -0.1) is 0 Å². The second-order valence-corrected chi connectivity index (χ2v) is 9.56. The van der Waals surface area contributed by atoms with E-state index in [1.165, 1.54) is 23.2 Å². The van der Waals surface area contributed by atoms with Crippen LogP contribution in [0, 0.1) is 16.7 Å². The van der Waals surface area contributed by atoms with Gasteiger partial charge in [0.15, 0.2) is 5.84 Å². The number of halogens is 3. The summed E-state index contributed by atoms with van der Waals surface area (Å²) < 4.78 is 49.7. The first-order chi connectivity index (χ1) is 17.2. The number of nitrogens with one attached hydrogen (secondary N) is 3. The minimum atomic E-state index is -4.50. The Morgan fingerprint density at radius 2 is 1.97 bits per heavy atom. The van der Waals surface area contributed by atoms with Gasteiger partial charge in [0.2, 0.25) is 0 Å². The standard InChI is InChI=1S/C26H29F3N6O/c1-32-19-11-12-34(14-19)24(26(27,28)29)18-8-10-22(30)35(13-18)25(31)20-9-7-17-3-2-4-21(23(17)33-20)36-15-16-5-6-16/h2-4,7-10,13,16,19,24,30-32H,5-6,11-12,14-15H2,1H3. The lowest BCUT2D eigenvalue weighted by Crippen LogP contribution is -2.40. The zero-order valence-corrected chi connectivity index (χ0v) is 20.0. The fourth-order valence-electron chi connectivity index (χ4n) is 4.71. The molecule has 3 aromatic rings. The lowest BCUT2D eigenvalue weighted by molar-refractivity contribution is -0.184. The molecule has 36 heavy (non-hydrogen) atoms. The summed E-state index contributed by atoms with van der Waals surface area (Å²) in [5.74, 6) is 1.01. The lowest BCUT2D eigenvalue weighted by Gasteiger charge is -2.30. The van der Waals surface area contributed by atoms with E-state index < -0.39 is 12.2 Å². The summed E-state index contributed by atoms with van der Waals surface area (Å²) in [5.41, 5.74) is 0.737. The summed E-state index contributed by atoms with van der Waals surface area (Å²) in [6, 6.07) is 9.87. The van der Waals surface area contributed by atoms with Crippen LogP contribution in [0.2, 0.25) is 0 Å². The Morgan fingerprint density at radius 3 is 2.67 bits per heavy atom. The van der Waals surface area contributed by atoms with Gasteiger partial charge >= 0.3 is 6.18 Å². The van der Waals surface area contributed by atoms with E-state index in [4.69, 9.17) is 15.6 Å². The molecule has 2 aromatic heterocycles. The monoisotopic (exact) mass is 498 g/mol. The van der Waals surface area contributed by atoms with Gasteiger partial charge in [-0.1, -0.05) is 24.3 Å². The van der Waals surface area contributed by atoms with Crippen LogP contribution in [0.15, 0.2) is 48.7 Å². The Kier molecular flexibility index (Phi) is 6.57. The number of alkyl halides is 3. The third kappa shape index (κ3) is 5.01. The topological polar surface area (TPSA) is 90.0 Å². The van der Waals surface area contributed by atoms with Crippen LogP contribution >= 0.6 is 0 Å². The van der Waals surface area contributed by atoms with Gasteiger partial charge in [-0.3, -0.25) is 20.3 Å². The highest BCUT2D eigenvalue weighted by Gasteiger charge is 2.46. The van der Waals surface area contributed by atoms with Crippen molar-refractivity contribution in [1.82, 2.24) is 19.8 Å². The molecule has 190 valence electrons. The summed E-state index contributed by atoms with van der Waals surface area (Å²) in [5, 5.41) is 20.9. The SMILES string of the molecule is CNC1CCN(C(c2ccc(=N)n(C(=N)c3ccc4cccc(OCC5CC5)c4n3)c2)C(F)(F)F)C1. The minimum Gasteiger partial charge on any atom is -0.491 e. The smallest absolute Gasteiger partial charge is 0.408 e. The zero-order valence-electron chi connectivity index (χ0n) is 20.0. The fraction of sp³-hybridized carbons (Fsp3) is 0.423. The highest BCUT2D eigenvalue weighted by Crippen LogP contribution is 2.39. The van der Waals surface area contributed by atoms with Crippen LogP contribution in [-0.2, 0) is 0 Å². The average molecular weight is 499 g/mol. The Morgan fingerprint density at radius 1 is 1.17 bits per heavy atom. The van der Waals surface area contributed by atoms with Crippen molar-refractivity contribution in [1.29, 1.82) is 10.8 Å². The Labute approximate surface area is 206 Å². The van der Waals surface area contributed by atoms with Crippen molar-refractivity contribution in [2.24, 2.45) is 5.92 Å². The molecule has 1 aliphatic carbocycles. The first-order valence-corrected chi connectivity index (χ1v) is 12.1. The number of hydrogen-bond acceptors (Lipinski definition) is 6. The molecular weight excluding hydrogens is 469 g/mol. The number of likely N-dealkylation sites (N-methyl/N-ethyl adjacent to an activating group) is 1. The van der Waals surface area contributed by atoms with E-state index in [9.17, 15) is 13.2 Å². The predicted octanol–water partition coefficient (Wildman–Crippen LogP) is 4.08. The molecule has 3 N–H and O–H groups in total. The number of aromatic nitrogens is 2. The maximum atomic E-state index is 14.2. The van der Waals surface area contributed by atoms with Gasteiger partial charge in [0.05, 0.1) is 6.61 Å². The summed E-state index contributed by atoms with van der Waals surface area (Å²) in [7, 11) is 1.75. The number of nitrogens with zero attached hydrogens (tertiary/aromatic N) is 3. The zero-order chi connectivity index (χ0) is 25.4. The van der Waals surface area contributed by atoms with Crippen molar-refractivity contribution in [3.63, 3.8) is 0 Å². The molecule has 10 heteroatoms. The minimum absolute atomic E-state index is 0.00533. The molecule has 5 rings (SSSR count). The van der Waals surface area contributed by atoms with E-state index in [-0.39, 0.29) is 35.2 Å². The Balaban J connectivity index is 1.48. The number of rotatable bonds is 7. The molecule has 7 nitrogen and oxygen atoms in total. The lowest BCUT2D eigenvalue weighted by atomic mass is 10.1. The first-order valence-electron chi connectivity index (χ1n) is 12.1. The molecule has 3 heterocycles. The van der Waals surface area contributed by atoms with Crippen molar-refractivity contribution >= 4 is 16.7 Å². The molecule has 1 aromatic carbocycles. The van der Waals surface area contributed by atoms with E-state index in [0.29, 0.717) is 36.8 Å². The maximum absolute atomic E-state index is 14.2. The fourth-order valence-corrected chi connectivity index (χ4v) is 4.71. The molecule has 2 aliphatic rings. The van der Waals surface area contributed by atoms with Crippen LogP contribution < -0.4 is 15.5 Å². The van der Waals surface area contributed by atoms with E-state index >= 15 is 0 Å². The van der Waals surface area contributed by atoms with E-state index in [1.807, 2.05) is 24.3 Å².